The van der Waals surface area contributed by atoms with Gasteiger partial charge in [0.05, 0.1) is 5.52 Å². The predicted molar refractivity (Wildman–Crippen MR) is 110 cm³/mol. The molecule has 134 valence electrons. The number of rotatable bonds is 6. The second-order valence-electron chi connectivity index (χ2n) is 6.60. The van der Waals surface area contributed by atoms with Crippen molar-refractivity contribution in [3.05, 3.63) is 29.8 Å². The first-order valence-corrected chi connectivity index (χ1v) is 9.49. The van der Waals surface area contributed by atoms with Gasteiger partial charge in [-0.2, -0.15) is 0 Å². The zero-order valence-corrected chi connectivity index (χ0v) is 15.7. The number of thiocarbonyl (C=S) groups is 1. The summed E-state index contributed by atoms with van der Waals surface area (Å²) in [6, 6.07) is 8.43. The van der Waals surface area contributed by atoms with Crippen molar-refractivity contribution in [1.82, 2.24) is 10.3 Å². The minimum absolute atomic E-state index is 0.649. The Morgan fingerprint density at radius 2 is 2.04 bits per heavy atom. The average molecular weight is 358 g/mol. The fourth-order valence-corrected chi connectivity index (χ4v) is 3.43. The van der Waals surface area contributed by atoms with Crippen LogP contribution in [0.5, 0.6) is 0 Å². The summed E-state index contributed by atoms with van der Waals surface area (Å²) in [6.45, 7) is 5.94. The molecule has 1 saturated heterocycles. The lowest BCUT2D eigenvalue weighted by atomic mass is 10.1. The molecule has 5 nitrogen and oxygen atoms in total. The van der Waals surface area contributed by atoms with Gasteiger partial charge < -0.3 is 21.3 Å². The minimum atomic E-state index is 0.649. The maximum absolute atomic E-state index is 5.50. The molecule has 6 heteroatoms. The van der Waals surface area contributed by atoms with E-state index in [1.165, 1.54) is 23.8 Å². The number of nitrogens with zero attached hydrogens (tertiary/aromatic N) is 2. The molecule has 0 atom stereocenters. The van der Waals surface area contributed by atoms with Crippen LogP contribution in [0.15, 0.2) is 24.3 Å². The Hall–Kier alpha value is -1.92. The van der Waals surface area contributed by atoms with Crippen molar-refractivity contribution in [2.24, 2.45) is 5.73 Å². The Balaban J connectivity index is 1.70. The quantitative estimate of drug-likeness (QED) is 0.545. The number of anilines is 2. The lowest BCUT2D eigenvalue weighted by molar-refractivity contribution is 0.720. The molecule has 4 N–H and O–H groups in total. The largest absolute Gasteiger partial charge is 0.362 e. The molecule has 25 heavy (non-hydrogen) atoms. The molecule has 0 aliphatic carbocycles. The van der Waals surface area contributed by atoms with E-state index in [4.69, 9.17) is 22.9 Å². The first-order valence-electron chi connectivity index (χ1n) is 9.08. The predicted octanol–water partition coefficient (Wildman–Crippen LogP) is 3.17. The molecule has 3 rings (SSSR count). The number of nitrogens with two attached hydrogens (primary N) is 1. The third kappa shape index (κ3) is 4.58. The van der Waals surface area contributed by atoms with Crippen molar-refractivity contribution in [3.63, 3.8) is 0 Å². The van der Waals surface area contributed by atoms with Gasteiger partial charge in [0.25, 0.3) is 0 Å². The number of unbranched alkanes of at least 4 members (excludes halogenated alkanes) is 1. The van der Waals surface area contributed by atoms with Gasteiger partial charge in [-0.15, -0.1) is 0 Å². The zero-order chi connectivity index (χ0) is 17.6. The maximum atomic E-state index is 5.50. The number of benzene rings is 1. The summed E-state index contributed by atoms with van der Waals surface area (Å²) >= 11 is 5.36. The van der Waals surface area contributed by atoms with Crippen LogP contribution in [-0.4, -0.2) is 36.3 Å². The summed E-state index contributed by atoms with van der Waals surface area (Å²) in [5.74, 6) is 1.10. The standard InChI is InChI=1S/C19H27N5S/c1-14-12-18(24-10-4-5-11-24)23-17-7-6-15(13-16(14)17)22-19(25)21-9-3-2-8-20/h6-7,12-13H,2-5,8-11,20H2,1H3,(H2,21,22,25). The fraction of sp³-hybridized carbons (Fsp3) is 0.474. The molecule has 0 radical (unpaired) electrons. The van der Waals surface area contributed by atoms with Crippen LogP contribution >= 0.6 is 12.2 Å². The van der Waals surface area contributed by atoms with Crippen molar-refractivity contribution in [3.8, 4) is 0 Å². The van der Waals surface area contributed by atoms with Gasteiger partial charge in [-0.1, -0.05) is 0 Å². The highest BCUT2D eigenvalue weighted by Gasteiger charge is 2.15. The number of pyridine rings is 1. The highest BCUT2D eigenvalue weighted by molar-refractivity contribution is 7.80. The normalized spacial score (nSPS) is 14.1. The fourth-order valence-electron chi connectivity index (χ4n) is 3.21. The number of aromatic nitrogens is 1. The third-order valence-corrected chi connectivity index (χ3v) is 4.85. The molecule has 2 heterocycles. The van der Waals surface area contributed by atoms with E-state index in [1.807, 2.05) is 6.07 Å². The van der Waals surface area contributed by atoms with Crippen molar-refractivity contribution in [1.29, 1.82) is 0 Å². The minimum Gasteiger partial charge on any atom is -0.362 e. The Bertz CT molecular complexity index is 740. The molecule has 2 aromatic rings. The summed E-state index contributed by atoms with van der Waals surface area (Å²) < 4.78 is 0. The number of fused-ring (bicyclic) bond motifs is 1. The SMILES string of the molecule is Cc1cc(N2CCCC2)nc2ccc(NC(=S)NCCCCN)cc12. The van der Waals surface area contributed by atoms with Gasteiger partial charge in [0.1, 0.15) is 5.82 Å². The molecule has 0 bridgehead atoms. The van der Waals surface area contributed by atoms with Gasteiger partial charge in [-0.25, -0.2) is 4.98 Å². The van der Waals surface area contributed by atoms with Crippen molar-refractivity contribution in [2.45, 2.75) is 32.6 Å². The molecular weight excluding hydrogens is 330 g/mol. The van der Waals surface area contributed by atoms with Crippen LogP contribution in [0.2, 0.25) is 0 Å². The van der Waals surface area contributed by atoms with Crippen molar-refractivity contribution < 1.29 is 0 Å². The molecule has 0 saturated carbocycles. The Morgan fingerprint density at radius 3 is 2.80 bits per heavy atom. The smallest absolute Gasteiger partial charge is 0.170 e. The molecule has 0 unspecified atom stereocenters. The summed E-state index contributed by atoms with van der Waals surface area (Å²) in [4.78, 5) is 7.22. The second kappa shape index (κ2) is 8.45. The van der Waals surface area contributed by atoms with Gasteiger partial charge >= 0.3 is 0 Å². The van der Waals surface area contributed by atoms with Crippen LogP contribution in [0.3, 0.4) is 0 Å². The lowest BCUT2D eigenvalue weighted by Crippen LogP contribution is -2.29. The van der Waals surface area contributed by atoms with Crippen LogP contribution in [0.1, 0.15) is 31.2 Å². The molecule has 0 amide bonds. The molecule has 1 aliphatic rings. The van der Waals surface area contributed by atoms with E-state index in [9.17, 15) is 0 Å². The van der Waals surface area contributed by atoms with Gasteiger partial charge in [-0.3, -0.25) is 0 Å². The summed E-state index contributed by atoms with van der Waals surface area (Å²) in [5, 5.41) is 8.29. The Morgan fingerprint density at radius 1 is 1.24 bits per heavy atom. The van der Waals surface area contributed by atoms with Crippen LogP contribution in [-0.2, 0) is 0 Å². The monoisotopic (exact) mass is 357 g/mol. The Labute approximate surface area is 155 Å². The average Bonchev–Trinajstić information content (AvgIpc) is 3.14. The van der Waals surface area contributed by atoms with Gasteiger partial charge in [0, 0.05) is 30.7 Å². The topological polar surface area (TPSA) is 66.2 Å². The molecule has 0 spiro atoms. The molecule has 1 aromatic heterocycles. The molecule has 1 aromatic carbocycles. The van der Waals surface area contributed by atoms with Crippen LogP contribution < -0.4 is 21.3 Å². The highest BCUT2D eigenvalue weighted by Crippen LogP contribution is 2.27. The van der Waals surface area contributed by atoms with E-state index in [0.717, 1.165) is 56.0 Å². The van der Waals surface area contributed by atoms with Crippen LogP contribution in [0.25, 0.3) is 10.9 Å². The van der Waals surface area contributed by atoms with Crippen molar-refractivity contribution >= 4 is 39.7 Å². The molecule has 1 aliphatic heterocycles. The number of aryl methyl sites for hydroxylation is 1. The number of hydrogen-bond acceptors (Lipinski definition) is 4. The third-order valence-electron chi connectivity index (χ3n) is 4.61. The second-order valence-corrected chi connectivity index (χ2v) is 7.01. The Kier molecular flexibility index (Phi) is 6.04. The highest BCUT2D eigenvalue weighted by atomic mass is 32.1. The van der Waals surface area contributed by atoms with E-state index in [0.29, 0.717) is 5.11 Å². The van der Waals surface area contributed by atoms with E-state index >= 15 is 0 Å². The first kappa shape index (κ1) is 17.9. The van der Waals surface area contributed by atoms with Crippen molar-refractivity contribution in [2.75, 3.05) is 36.4 Å². The zero-order valence-electron chi connectivity index (χ0n) is 14.8. The van der Waals surface area contributed by atoms with E-state index in [-0.39, 0.29) is 0 Å². The van der Waals surface area contributed by atoms with E-state index < -0.39 is 0 Å². The molecule has 1 fully saturated rings. The first-order chi connectivity index (χ1) is 12.2. The van der Waals surface area contributed by atoms with E-state index in [1.54, 1.807) is 0 Å². The summed E-state index contributed by atoms with van der Waals surface area (Å²) in [6.07, 6.45) is 4.56. The van der Waals surface area contributed by atoms with Gasteiger partial charge in [0.15, 0.2) is 5.11 Å². The summed E-state index contributed by atoms with van der Waals surface area (Å²) in [7, 11) is 0. The van der Waals surface area contributed by atoms with Gasteiger partial charge in [-0.05, 0) is 81.2 Å². The lowest BCUT2D eigenvalue weighted by Gasteiger charge is -2.18. The van der Waals surface area contributed by atoms with Crippen LogP contribution in [0, 0.1) is 6.92 Å². The number of nitrogens with one attached hydrogen (secondary N) is 2. The van der Waals surface area contributed by atoms with E-state index in [2.05, 4.69) is 40.7 Å². The van der Waals surface area contributed by atoms with Gasteiger partial charge in [0.2, 0.25) is 0 Å². The molecular formula is C19H27N5S. The number of hydrogen-bond donors (Lipinski definition) is 3. The maximum Gasteiger partial charge on any atom is 0.170 e. The van der Waals surface area contributed by atoms with Crippen LogP contribution in [0.4, 0.5) is 11.5 Å². The summed E-state index contributed by atoms with van der Waals surface area (Å²) in [5.41, 5.74) is 8.77.